The Bertz CT molecular complexity index is 453. The lowest BCUT2D eigenvalue weighted by molar-refractivity contribution is 0.669. The van der Waals surface area contributed by atoms with E-state index in [0.29, 0.717) is 0 Å². The monoisotopic (exact) mass is 261 g/mol. The van der Waals surface area contributed by atoms with Gasteiger partial charge in [-0.2, -0.15) is 0 Å². The molecule has 96 valence electrons. The minimum absolute atomic E-state index is 0.895. The van der Waals surface area contributed by atoms with Gasteiger partial charge >= 0.3 is 0 Å². The predicted octanol–water partition coefficient (Wildman–Crippen LogP) is 2.67. The van der Waals surface area contributed by atoms with E-state index in [0.717, 1.165) is 42.4 Å². The molecule has 1 N–H and O–H groups in total. The molecule has 0 amide bonds. The second-order valence-electron chi connectivity index (χ2n) is 4.21. The van der Waals surface area contributed by atoms with Crippen molar-refractivity contribution in [2.75, 3.05) is 13.1 Å². The van der Waals surface area contributed by atoms with Gasteiger partial charge in [-0.3, -0.25) is 0 Å². The lowest BCUT2D eigenvalue weighted by Gasteiger charge is -1.98. The summed E-state index contributed by atoms with van der Waals surface area (Å²) in [5.74, 6) is 0. The molecule has 0 spiro atoms. The highest BCUT2D eigenvalue weighted by atomic mass is 32.1. The average Bonchev–Trinajstić information content (AvgIpc) is 2.84. The lowest BCUT2D eigenvalue weighted by Crippen LogP contribution is -2.14. The molecule has 1 aromatic heterocycles. The minimum Gasteiger partial charge on any atom is -0.317 e. The van der Waals surface area contributed by atoms with Crippen molar-refractivity contribution in [3.63, 3.8) is 0 Å². The van der Waals surface area contributed by atoms with E-state index in [1.807, 2.05) is 6.07 Å². The number of nitrogens with zero attached hydrogens (tertiary/aromatic N) is 2. The number of benzene rings is 1. The van der Waals surface area contributed by atoms with E-state index in [1.165, 1.54) is 5.56 Å². The molecule has 0 saturated carbocycles. The zero-order valence-electron chi connectivity index (χ0n) is 10.7. The number of hydrogen-bond donors (Lipinski definition) is 1. The van der Waals surface area contributed by atoms with Crippen LogP contribution in [0.15, 0.2) is 30.3 Å². The topological polar surface area (TPSA) is 37.8 Å². The fraction of sp³-hybridized carbons (Fsp3) is 0.429. The molecule has 1 heterocycles. The Hall–Kier alpha value is -1.26. The van der Waals surface area contributed by atoms with Crippen LogP contribution in [-0.2, 0) is 12.8 Å². The third-order valence-electron chi connectivity index (χ3n) is 2.70. The summed E-state index contributed by atoms with van der Waals surface area (Å²) in [7, 11) is 0. The number of aryl methyl sites for hydroxylation is 1. The maximum absolute atomic E-state index is 4.26. The van der Waals surface area contributed by atoms with Crippen molar-refractivity contribution >= 4 is 11.3 Å². The van der Waals surface area contributed by atoms with Gasteiger partial charge in [-0.1, -0.05) is 37.3 Å². The van der Waals surface area contributed by atoms with E-state index in [4.69, 9.17) is 0 Å². The van der Waals surface area contributed by atoms with Crippen LogP contribution in [0.4, 0.5) is 0 Å². The molecule has 3 nitrogen and oxygen atoms in total. The van der Waals surface area contributed by atoms with Crippen LogP contribution < -0.4 is 5.32 Å². The molecule has 0 saturated heterocycles. The van der Waals surface area contributed by atoms with Crippen molar-refractivity contribution in [3.05, 3.63) is 45.9 Å². The molecule has 0 atom stereocenters. The second kappa shape index (κ2) is 7.24. The number of rotatable bonds is 7. The molecule has 0 unspecified atom stereocenters. The molecular weight excluding hydrogens is 242 g/mol. The summed E-state index contributed by atoms with van der Waals surface area (Å²) in [6, 6.07) is 10.4. The summed E-state index contributed by atoms with van der Waals surface area (Å²) >= 11 is 1.74. The molecule has 0 aliphatic carbocycles. The molecule has 4 heteroatoms. The molecule has 18 heavy (non-hydrogen) atoms. The number of aromatic nitrogens is 2. The molecule has 0 aliphatic heterocycles. The predicted molar refractivity (Wildman–Crippen MR) is 76.0 cm³/mol. The van der Waals surface area contributed by atoms with Crippen LogP contribution in [0.2, 0.25) is 0 Å². The molecule has 2 aromatic rings. The van der Waals surface area contributed by atoms with E-state index >= 15 is 0 Å². The van der Waals surface area contributed by atoms with Gasteiger partial charge in [0.2, 0.25) is 0 Å². The fourth-order valence-corrected chi connectivity index (χ4v) is 2.69. The van der Waals surface area contributed by atoms with Crippen LogP contribution in [0, 0.1) is 0 Å². The summed E-state index contributed by atoms with van der Waals surface area (Å²) in [4.78, 5) is 0. The SMILES string of the molecule is CCNCCCc1nnc(Cc2ccccc2)s1. The van der Waals surface area contributed by atoms with Gasteiger partial charge in [0.15, 0.2) is 0 Å². The van der Waals surface area contributed by atoms with E-state index < -0.39 is 0 Å². The fourth-order valence-electron chi connectivity index (χ4n) is 1.77. The Kier molecular flexibility index (Phi) is 5.30. The Labute approximate surface area is 112 Å². The largest absolute Gasteiger partial charge is 0.317 e. The van der Waals surface area contributed by atoms with Gasteiger partial charge in [-0.05, 0) is 25.1 Å². The van der Waals surface area contributed by atoms with Gasteiger partial charge in [0, 0.05) is 12.8 Å². The highest BCUT2D eigenvalue weighted by Gasteiger charge is 2.04. The first kappa shape index (κ1) is 13.2. The Balaban J connectivity index is 1.83. The van der Waals surface area contributed by atoms with E-state index in [1.54, 1.807) is 11.3 Å². The van der Waals surface area contributed by atoms with Gasteiger partial charge in [0.1, 0.15) is 10.0 Å². The van der Waals surface area contributed by atoms with Crippen LogP contribution >= 0.6 is 11.3 Å². The van der Waals surface area contributed by atoms with Crippen molar-refractivity contribution in [2.45, 2.75) is 26.2 Å². The smallest absolute Gasteiger partial charge is 0.121 e. The van der Waals surface area contributed by atoms with Crippen LogP contribution in [0.5, 0.6) is 0 Å². The third-order valence-corrected chi connectivity index (χ3v) is 3.68. The Morgan fingerprint density at radius 1 is 1.11 bits per heavy atom. The van der Waals surface area contributed by atoms with E-state index in [9.17, 15) is 0 Å². The molecule has 0 fully saturated rings. The van der Waals surface area contributed by atoms with Gasteiger partial charge in [0.05, 0.1) is 0 Å². The highest BCUT2D eigenvalue weighted by Crippen LogP contribution is 2.15. The molecule has 1 aromatic carbocycles. The molecule has 2 rings (SSSR count). The first-order valence-corrected chi connectivity index (χ1v) is 7.26. The zero-order valence-corrected chi connectivity index (χ0v) is 11.5. The quantitative estimate of drug-likeness (QED) is 0.779. The molecular formula is C14H19N3S. The maximum atomic E-state index is 4.26. The summed E-state index contributed by atoms with van der Waals surface area (Å²) in [5, 5.41) is 14.1. The molecule has 0 bridgehead atoms. The first-order valence-electron chi connectivity index (χ1n) is 6.44. The standard InChI is InChI=1S/C14H19N3S/c1-2-15-10-6-9-13-16-17-14(18-13)11-12-7-4-3-5-8-12/h3-5,7-8,15H,2,6,9-11H2,1H3. The summed E-state index contributed by atoms with van der Waals surface area (Å²) in [6.45, 7) is 4.22. The van der Waals surface area contributed by atoms with Crippen molar-refractivity contribution in [1.29, 1.82) is 0 Å². The summed E-state index contributed by atoms with van der Waals surface area (Å²) in [5.41, 5.74) is 1.30. The van der Waals surface area contributed by atoms with Gasteiger partial charge in [-0.25, -0.2) is 0 Å². The number of nitrogens with one attached hydrogen (secondary N) is 1. The van der Waals surface area contributed by atoms with Gasteiger partial charge in [0.25, 0.3) is 0 Å². The lowest BCUT2D eigenvalue weighted by atomic mass is 10.2. The van der Waals surface area contributed by atoms with Crippen LogP contribution in [-0.4, -0.2) is 23.3 Å². The van der Waals surface area contributed by atoms with Crippen molar-refractivity contribution < 1.29 is 0 Å². The number of hydrogen-bond acceptors (Lipinski definition) is 4. The summed E-state index contributed by atoms with van der Waals surface area (Å²) in [6.07, 6.45) is 3.05. The first-order chi connectivity index (χ1) is 8.88. The molecule has 0 radical (unpaired) electrons. The summed E-state index contributed by atoms with van der Waals surface area (Å²) < 4.78 is 0. The van der Waals surface area contributed by atoms with Crippen molar-refractivity contribution in [1.82, 2.24) is 15.5 Å². The van der Waals surface area contributed by atoms with E-state index in [-0.39, 0.29) is 0 Å². The van der Waals surface area contributed by atoms with Crippen LogP contribution in [0.3, 0.4) is 0 Å². The second-order valence-corrected chi connectivity index (χ2v) is 5.36. The minimum atomic E-state index is 0.895. The van der Waals surface area contributed by atoms with Gasteiger partial charge in [-0.15, -0.1) is 21.5 Å². The zero-order chi connectivity index (χ0) is 12.6. The Morgan fingerprint density at radius 2 is 1.89 bits per heavy atom. The highest BCUT2D eigenvalue weighted by molar-refractivity contribution is 7.11. The van der Waals surface area contributed by atoms with Crippen molar-refractivity contribution in [3.8, 4) is 0 Å². The van der Waals surface area contributed by atoms with E-state index in [2.05, 4.69) is 46.7 Å². The van der Waals surface area contributed by atoms with Crippen LogP contribution in [0.25, 0.3) is 0 Å². The normalized spacial score (nSPS) is 10.7. The maximum Gasteiger partial charge on any atom is 0.121 e. The van der Waals surface area contributed by atoms with Crippen molar-refractivity contribution in [2.24, 2.45) is 0 Å². The Morgan fingerprint density at radius 3 is 2.67 bits per heavy atom. The third kappa shape index (κ3) is 4.20. The van der Waals surface area contributed by atoms with Crippen LogP contribution in [0.1, 0.15) is 28.9 Å². The average molecular weight is 261 g/mol. The van der Waals surface area contributed by atoms with Gasteiger partial charge < -0.3 is 5.32 Å². The molecule has 0 aliphatic rings.